The Hall–Kier alpha value is -3.79. The van der Waals surface area contributed by atoms with Crippen molar-refractivity contribution < 1.29 is 23.1 Å². The van der Waals surface area contributed by atoms with E-state index in [0.29, 0.717) is 10.9 Å². The standard InChI is InChI=1S/C20H17N3O6S/c1-2-29-20(26)15-10-21-18-17(15)14-9-13(6-7-16(14)22-19(18)25)30(27,28)23-11-4-3-5-12(24)8-11/h3-10,21,23-24H,2H2,1H3,(H,22,25). The van der Waals surface area contributed by atoms with Gasteiger partial charge in [-0.1, -0.05) is 6.07 Å². The van der Waals surface area contributed by atoms with Crippen LogP contribution in [0, 0.1) is 0 Å². The molecule has 154 valence electrons. The van der Waals surface area contributed by atoms with E-state index in [2.05, 4.69) is 14.7 Å². The van der Waals surface area contributed by atoms with E-state index in [4.69, 9.17) is 4.74 Å². The molecular formula is C20H17N3O6S. The number of rotatable bonds is 5. The number of anilines is 1. The highest BCUT2D eigenvalue weighted by molar-refractivity contribution is 7.92. The van der Waals surface area contributed by atoms with Crippen LogP contribution in [0.4, 0.5) is 5.69 Å². The fourth-order valence-corrected chi connectivity index (χ4v) is 4.30. The third-order valence-corrected chi connectivity index (χ3v) is 5.90. The third kappa shape index (κ3) is 3.37. The number of nitrogens with one attached hydrogen (secondary N) is 3. The molecule has 0 aliphatic rings. The summed E-state index contributed by atoms with van der Waals surface area (Å²) in [6, 6.07) is 9.87. The predicted octanol–water partition coefficient (Wildman–Crippen LogP) is 2.69. The van der Waals surface area contributed by atoms with Crippen molar-refractivity contribution >= 4 is 43.5 Å². The van der Waals surface area contributed by atoms with E-state index < -0.39 is 21.6 Å². The van der Waals surface area contributed by atoms with Crippen molar-refractivity contribution in [2.45, 2.75) is 11.8 Å². The number of esters is 1. The van der Waals surface area contributed by atoms with Crippen LogP contribution in [-0.2, 0) is 14.8 Å². The zero-order valence-electron chi connectivity index (χ0n) is 15.7. The van der Waals surface area contributed by atoms with Crippen LogP contribution >= 0.6 is 0 Å². The summed E-state index contributed by atoms with van der Waals surface area (Å²) in [6.07, 6.45) is 1.36. The van der Waals surface area contributed by atoms with Crippen LogP contribution < -0.4 is 10.3 Å². The van der Waals surface area contributed by atoms with Crippen LogP contribution in [-0.4, -0.2) is 36.1 Å². The molecule has 0 bridgehead atoms. The second-order valence-electron chi connectivity index (χ2n) is 6.49. The highest BCUT2D eigenvalue weighted by Gasteiger charge is 2.21. The summed E-state index contributed by atoms with van der Waals surface area (Å²) in [6.45, 7) is 1.81. The van der Waals surface area contributed by atoms with Crippen LogP contribution in [0.25, 0.3) is 21.8 Å². The molecule has 0 saturated carbocycles. The Balaban J connectivity index is 1.90. The first-order valence-electron chi connectivity index (χ1n) is 8.96. The number of aromatic nitrogens is 2. The molecule has 0 atom stereocenters. The van der Waals surface area contributed by atoms with Gasteiger partial charge in [-0.25, -0.2) is 13.2 Å². The van der Waals surface area contributed by atoms with Crippen LogP contribution in [0.2, 0.25) is 0 Å². The quantitative estimate of drug-likeness (QED) is 0.361. The van der Waals surface area contributed by atoms with Crippen LogP contribution in [0.3, 0.4) is 0 Å². The molecule has 0 spiro atoms. The molecule has 10 heteroatoms. The Labute approximate surface area is 170 Å². The van der Waals surface area contributed by atoms with Crippen molar-refractivity contribution in [2.75, 3.05) is 11.3 Å². The van der Waals surface area contributed by atoms with Gasteiger partial charge in [-0.2, -0.15) is 0 Å². The largest absolute Gasteiger partial charge is 0.508 e. The second kappa shape index (κ2) is 7.23. The number of ether oxygens (including phenoxy) is 1. The number of aromatic hydroxyl groups is 1. The Morgan fingerprint density at radius 3 is 2.73 bits per heavy atom. The normalized spacial score (nSPS) is 11.6. The van der Waals surface area contributed by atoms with Gasteiger partial charge < -0.3 is 19.8 Å². The average molecular weight is 427 g/mol. The Morgan fingerprint density at radius 1 is 1.20 bits per heavy atom. The van der Waals surface area contributed by atoms with Gasteiger partial charge in [0.25, 0.3) is 15.6 Å². The van der Waals surface area contributed by atoms with Gasteiger partial charge in [-0.05, 0) is 37.3 Å². The number of hydrogen-bond donors (Lipinski definition) is 4. The first kappa shape index (κ1) is 19.5. The number of aromatic amines is 2. The predicted molar refractivity (Wildman–Crippen MR) is 111 cm³/mol. The highest BCUT2D eigenvalue weighted by Crippen LogP contribution is 2.28. The topological polar surface area (TPSA) is 141 Å². The molecule has 4 N–H and O–H groups in total. The Kier molecular flexibility index (Phi) is 4.70. The van der Waals surface area contributed by atoms with Crippen LogP contribution in [0.5, 0.6) is 5.75 Å². The zero-order chi connectivity index (χ0) is 21.5. The van der Waals surface area contributed by atoms with Crippen molar-refractivity contribution in [1.29, 1.82) is 0 Å². The van der Waals surface area contributed by atoms with E-state index in [9.17, 15) is 23.1 Å². The van der Waals surface area contributed by atoms with Gasteiger partial charge in [-0.3, -0.25) is 9.52 Å². The van der Waals surface area contributed by atoms with E-state index >= 15 is 0 Å². The fraction of sp³-hybridized carbons (Fsp3) is 0.100. The van der Waals surface area contributed by atoms with Crippen LogP contribution in [0.1, 0.15) is 17.3 Å². The lowest BCUT2D eigenvalue weighted by atomic mass is 10.1. The number of phenols is 1. The molecule has 0 radical (unpaired) electrons. The maximum Gasteiger partial charge on any atom is 0.340 e. The van der Waals surface area contributed by atoms with Crippen molar-refractivity contribution in [1.82, 2.24) is 9.97 Å². The molecule has 0 aliphatic heterocycles. The van der Waals surface area contributed by atoms with Gasteiger partial charge in [0, 0.05) is 28.6 Å². The summed E-state index contributed by atoms with van der Waals surface area (Å²) in [5.41, 5.74) is 0.394. The van der Waals surface area contributed by atoms with Crippen molar-refractivity contribution in [3.05, 3.63) is 64.6 Å². The van der Waals surface area contributed by atoms with Crippen molar-refractivity contribution in [2.24, 2.45) is 0 Å². The molecule has 30 heavy (non-hydrogen) atoms. The summed E-state index contributed by atoms with van der Waals surface area (Å²) in [5.74, 6) is -0.707. The minimum atomic E-state index is -4.01. The van der Waals surface area contributed by atoms with E-state index in [-0.39, 0.29) is 39.4 Å². The molecule has 4 aromatic rings. The molecule has 0 aliphatic carbocycles. The van der Waals surface area contributed by atoms with Gasteiger partial charge in [0.1, 0.15) is 11.3 Å². The first-order chi connectivity index (χ1) is 14.3. The summed E-state index contributed by atoms with van der Waals surface area (Å²) >= 11 is 0. The number of carbonyl (C=O) groups is 1. The molecule has 0 saturated heterocycles. The first-order valence-corrected chi connectivity index (χ1v) is 10.4. The molecular weight excluding hydrogens is 410 g/mol. The fourth-order valence-electron chi connectivity index (χ4n) is 3.23. The van der Waals surface area contributed by atoms with E-state index in [1.807, 2.05) is 0 Å². The number of benzene rings is 2. The maximum atomic E-state index is 12.9. The number of hydrogen-bond acceptors (Lipinski definition) is 6. The molecule has 2 aromatic heterocycles. The molecule has 4 rings (SSSR count). The summed E-state index contributed by atoms with van der Waals surface area (Å²) in [4.78, 5) is 30.0. The van der Waals surface area contributed by atoms with E-state index in [1.165, 1.54) is 48.7 Å². The van der Waals surface area contributed by atoms with Crippen LogP contribution in [0.15, 0.2) is 58.4 Å². The molecule has 0 fully saturated rings. The molecule has 2 heterocycles. The van der Waals surface area contributed by atoms with Gasteiger partial charge in [0.15, 0.2) is 0 Å². The van der Waals surface area contributed by atoms with E-state index in [0.717, 1.165) is 0 Å². The van der Waals surface area contributed by atoms with Gasteiger partial charge in [0.2, 0.25) is 0 Å². The molecule has 2 aromatic carbocycles. The summed E-state index contributed by atoms with van der Waals surface area (Å²) < 4.78 is 33.1. The second-order valence-corrected chi connectivity index (χ2v) is 8.17. The van der Waals surface area contributed by atoms with Gasteiger partial charge >= 0.3 is 5.97 Å². The Morgan fingerprint density at radius 2 is 2.00 bits per heavy atom. The monoisotopic (exact) mass is 427 g/mol. The summed E-state index contributed by atoms with van der Waals surface area (Å²) in [5, 5.41) is 10.2. The maximum absolute atomic E-state index is 12.9. The lowest BCUT2D eigenvalue weighted by Gasteiger charge is -2.10. The average Bonchev–Trinajstić information content (AvgIpc) is 3.14. The van der Waals surface area contributed by atoms with E-state index in [1.54, 1.807) is 6.92 Å². The molecule has 0 amide bonds. The van der Waals surface area contributed by atoms with Gasteiger partial charge in [0.05, 0.1) is 22.8 Å². The number of phenolic OH excluding ortho intramolecular Hbond substituents is 1. The number of pyridine rings is 1. The third-order valence-electron chi connectivity index (χ3n) is 4.52. The number of H-pyrrole nitrogens is 2. The lowest BCUT2D eigenvalue weighted by molar-refractivity contribution is 0.0529. The Bertz CT molecular complexity index is 1450. The molecule has 0 unspecified atom stereocenters. The van der Waals surface area contributed by atoms with Gasteiger partial charge in [-0.15, -0.1) is 0 Å². The lowest BCUT2D eigenvalue weighted by Crippen LogP contribution is -2.13. The SMILES string of the molecule is CCOC(=O)c1c[nH]c2c(=O)[nH]c3ccc(S(=O)(=O)Nc4cccc(O)c4)cc3c12. The highest BCUT2D eigenvalue weighted by atomic mass is 32.2. The number of sulfonamides is 1. The summed E-state index contributed by atoms with van der Waals surface area (Å²) in [7, 11) is -4.01. The molecule has 9 nitrogen and oxygen atoms in total. The smallest absolute Gasteiger partial charge is 0.340 e. The number of fused-ring (bicyclic) bond motifs is 3. The van der Waals surface area contributed by atoms with Crippen molar-refractivity contribution in [3.8, 4) is 5.75 Å². The number of carbonyl (C=O) groups excluding carboxylic acids is 1. The van der Waals surface area contributed by atoms with Crippen molar-refractivity contribution in [3.63, 3.8) is 0 Å². The minimum Gasteiger partial charge on any atom is -0.508 e. The minimum absolute atomic E-state index is 0.0808. The zero-order valence-corrected chi connectivity index (χ0v) is 16.5.